The van der Waals surface area contributed by atoms with Crippen LogP contribution in [0.2, 0.25) is 5.02 Å². The van der Waals surface area contributed by atoms with E-state index in [1.165, 1.54) is 18.2 Å². The zero-order chi connectivity index (χ0) is 13.8. The number of phenolic OH excluding ortho intramolecular Hbond substituents is 2. The predicted octanol–water partition coefficient (Wildman–Crippen LogP) is 3.65. The maximum absolute atomic E-state index is 11.9. The molecule has 0 amide bonds. The van der Waals surface area contributed by atoms with Gasteiger partial charge in [-0.05, 0) is 35.9 Å². The normalized spacial score (nSPS) is 10.8. The van der Waals surface area contributed by atoms with Crippen LogP contribution < -0.4 is 0 Å². The van der Waals surface area contributed by atoms with E-state index in [1.807, 2.05) is 0 Å². The molecule has 0 spiro atoms. The predicted molar refractivity (Wildman–Crippen MR) is 74.6 cm³/mol. The number of ketones is 1. The number of benzene rings is 2. The van der Waals surface area contributed by atoms with Gasteiger partial charge in [0.1, 0.15) is 0 Å². The number of allylic oxidation sites excluding steroid dienone is 1. The van der Waals surface area contributed by atoms with E-state index in [2.05, 4.69) is 0 Å². The molecule has 0 aromatic heterocycles. The van der Waals surface area contributed by atoms with Gasteiger partial charge in [-0.1, -0.05) is 35.9 Å². The average Bonchev–Trinajstić information content (AvgIpc) is 2.40. The van der Waals surface area contributed by atoms with Crippen molar-refractivity contribution in [1.82, 2.24) is 0 Å². The van der Waals surface area contributed by atoms with E-state index in [9.17, 15) is 15.0 Å². The molecule has 0 heterocycles. The van der Waals surface area contributed by atoms with Crippen LogP contribution in [0.5, 0.6) is 11.5 Å². The first-order valence-electron chi connectivity index (χ1n) is 5.57. The number of carbonyl (C=O) groups is 1. The fraction of sp³-hybridized carbons (Fsp3) is 0. The molecule has 96 valence electrons. The number of phenols is 2. The molecule has 2 N–H and O–H groups in total. The third-order valence-corrected chi connectivity index (χ3v) is 2.90. The van der Waals surface area contributed by atoms with Crippen LogP contribution in [0.25, 0.3) is 6.08 Å². The number of carbonyl (C=O) groups excluding carboxylic acids is 1. The van der Waals surface area contributed by atoms with E-state index in [0.29, 0.717) is 16.1 Å². The summed E-state index contributed by atoms with van der Waals surface area (Å²) >= 11 is 5.92. The monoisotopic (exact) mass is 274 g/mol. The second kappa shape index (κ2) is 5.59. The fourth-order valence-corrected chi connectivity index (χ4v) is 1.80. The molecule has 0 aliphatic carbocycles. The Morgan fingerprint density at radius 1 is 1.05 bits per heavy atom. The van der Waals surface area contributed by atoms with Gasteiger partial charge in [0.15, 0.2) is 17.3 Å². The van der Waals surface area contributed by atoms with Crippen LogP contribution in [-0.2, 0) is 0 Å². The molecule has 0 fully saturated rings. The molecule has 0 bridgehead atoms. The van der Waals surface area contributed by atoms with Crippen LogP contribution in [0.15, 0.2) is 48.5 Å². The Morgan fingerprint density at radius 3 is 2.47 bits per heavy atom. The summed E-state index contributed by atoms with van der Waals surface area (Å²) in [5.74, 6) is -0.653. The average molecular weight is 275 g/mol. The van der Waals surface area contributed by atoms with Crippen LogP contribution in [0.1, 0.15) is 15.9 Å². The SMILES string of the molecule is O=C(C=Cc1ccc(O)c(O)c1)c1ccccc1Cl. The summed E-state index contributed by atoms with van der Waals surface area (Å²) in [6.45, 7) is 0. The van der Waals surface area contributed by atoms with E-state index < -0.39 is 0 Å². The molecular formula is C15H11ClO3. The summed E-state index contributed by atoms with van der Waals surface area (Å²) in [4.78, 5) is 11.9. The summed E-state index contributed by atoms with van der Waals surface area (Å²) in [6, 6.07) is 11.1. The Balaban J connectivity index is 2.21. The second-order valence-electron chi connectivity index (χ2n) is 3.93. The molecular weight excluding hydrogens is 264 g/mol. The third kappa shape index (κ3) is 3.14. The second-order valence-corrected chi connectivity index (χ2v) is 4.33. The quantitative estimate of drug-likeness (QED) is 0.510. The van der Waals surface area contributed by atoms with Gasteiger partial charge >= 0.3 is 0 Å². The van der Waals surface area contributed by atoms with Crippen LogP contribution in [-0.4, -0.2) is 16.0 Å². The van der Waals surface area contributed by atoms with E-state index >= 15 is 0 Å². The van der Waals surface area contributed by atoms with Crippen LogP contribution in [0.4, 0.5) is 0 Å². The van der Waals surface area contributed by atoms with Crippen molar-refractivity contribution < 1.29 is 15.0 Å². The van der Waals surface area contributed by atoms with Crippen molar-refractivity contribution in [2.45, 2.75) is 0 Å². The smallest absolute Gasteiger partial charge is 0.187 e. The first-order valence-corrected chi connectivity index (χ1v) is 5.94. The lowest BCUT2D eigenvalue weighted by atomic mass is 10.1. The van der Waals surface area contributed by atoms with Crippen molar-refractivity contribution in [2.75, 3.05) is 0 Å². The largest absolute Gasteiger partial charge is 0.504 e. The standard InChI is InChI=1S/C15H11ClO3/c16-12-4-2-1-3-11(12)13(17)7-5-10-6-8-14(18)15(19)9-10/h1-9,18-19H. The summed E-state index contributed by atoms with van der Waals surface area (Å²) in [7, 11) is 0. The highest BCUT2D eigenvalue weighted by Gasteiger charge is 2.06. The van der Waals surface area contributed by atoms with E-state index in [4.69, 9.17) is 11.6 Å². The Kier molecular flexibility index (Phi) is 3.88. The van der Waals surface area contributed by atoms with Gasteiger partial charge in [-0.15, -0.1) is 0 Å². The van der Waals surface area contributed by atoms with Crippen molar-refractivity contribution in [1.29, 1.82) is 0 Å². The zero-order valence-corrected chi connectivity index (χ0v) is 10.6. The van der Waals surface area contributed by atoms with E-state index in [-0.39, 0.29) is 17.3 Å². The molecule has 2 rings (SSSR count). The van der Waals surface area contributed by atoms with Crippen molar-refractivity contribution >= 4 is 23.5 Å². The minimum atomic E-state index is -0.229. The van der Waals surface area contributed by atoms with E-state index in [0.717, 1.165) is 0 Å². The lowest BCUT2D eigenvalue weighted by molar-refractivity contribution is 0.104. The summed E-state index contributed by atoms with van der Waals surface area (Å²) in [6.07, 6.45) is 2.91. The van der Waals surface area contributed by atoms with Gasteiger partial charge in [-0.25, -0.2) is 0 Å². The van der Waals surface area contributed by atoms with Gasteiger partial charge in [-0.2, -0.15) is 0 Å². The Hall–Kier alpha value is -2.26. The molecule has 0 saturated heterocycles. The molecule has 0 unspecified atom stereocenters. The molecule has 3 nitrogen and oxygen atoms in total. The fourth-order valence-electron chi connectivity index (χ4n) is 1.57. The molecule has 0 aliphatic heterocycles. The van der Waals surface area contributed by atoms with Gasteiger partial charge in [0.25, 0.3) is 0 Å². The minimum Gasteiger partial charge on any atom is -0.504 e. The van der Waals surface area contributed by atoms with Crippen LogP contribution in [0.3, 0.4) is 0 Å². The highest BCUT2D eigenvalue weighted by Crippen LogP contribution is 2.25. The lowest BCUT2D eigenvalue weighted by Crippen LogP contribution is -1.94. The molecule has 4 heteroatoms. The summed E-state index contributed by atoms with van der Waals surface area (Å²) in [5, 5.41) is 18.9. The summed E-state index contributed by atoms with van der Waals surface area (Å²) < 4.78 is 0. The minimum absolute atomic E-state index is 0.199. The molecule has 2 aromatic rings. The molecule has 2 aromatic carbocycles. The topological polar surface area (TPSA) is 57.5 Å². The lowest BCUT2D eigenvalue weighted by Gasteiger charge is -2.00. The molecule has 0 saturated carbocycles. The Labute approximate surface area is 115 Å². The summed E-state index contributed by atoms with van der Waals surface area (Å²) in [5.41, 5.74) is 1.03. The zero-order valence-electron chi connectivity index (χ0n) is 9.88. The number of aromatic hydroxyl groups is 2. The van der Waals surface area contributed by atoms with Gasteiger partial charge < -0.3 is 10.2 Å². The maximum Gasteiger partial charge on any atom is 0.187 e. The van der Waals surface area contributed by atoms with Gasteiger partial charge in [0.05, 0.1) is 5.02 Å². The highest BCUT2D eigenvalue weighted by molar-refractivity contribution is 6.34. The van der Waals surface area contributed by atoms with Crippen molar-refractivity contribution in [3.8, 4) is 11.5 Å². The first-order chi connectivity index (χ1) is 9.08. The molecule has 0 atom stereocenters. The number of halogens is 1. The van der Waals surface area contributed by atoms with Crippen LogP contribution >= 0.6 is 11.6 Å². The number of rotatable bonds is 3. The third-order valence-electron chi connectivity index (χ3n) is 2.57. The molecule has 0 radical (unpaired) electrons. The van der Waals surface area contributed by atoms with Gasteiger partial charge in [-0.3, -0.25) is 4.79 Å². The molecule has 19 heavy (non-hydrogen) atoms. The maximum atomic E-state index is 11.9. The Morgan fingerprint density at radius 2 is 1.79 bits per heavy atom. The van der Waals surface area contributed by atoms with Gasteiger partial charge in [0, 0.05) is 5.56 Å². The van der Waals surface area contributed by atoms with Gasteiger partial charge in [0.2, 0.25) is 0 Å². The van der Waals surface area contributed by atoms with Crippen molar-refractivity contribution in [2.24, 2.45) is 0 Å². The van der Waals surface area contributed by atoms with Crippen molar-refractivity contribution in [3.63, 3.8) is 0 Å². The number of hydrogen-bond acceptors (Lipinski definition) is 3. The molecule has 0 aliphatic rings. The van der Waals surface area contributed by atoms with Crippen LogP contribution in [0, 0.1) is 0 Å². The van der Waals surface area contributed by atoms with Crippen molar-refractivity contribution in [3.05, 3.63) is 64.7 Å². The first kappa shape index (κ1) is 13.2. The van der Waals surface area contributed by atoms with E-state index in [1.54, 1.807) is 36.4 Å². The number of hydrogen-bond donors (Lipinski definition) is 2. The highest BCUT2D eigenvalue weighted by atomic mass is 35.5. The Bertz CT molecular complexity index is 648.